The van der Waals surface area contributed by atoms with Crippen molar-refractivity contribution in [1.82, 2.24) is 0 Å². The summed E-state index contributed by atoms with van der Waals surface area (Å²) in [5, 5.41) is 2.72. The molecule has 0 saturated carbocycles. The van der Waals surface area contributed by atoms with Crippen molar-refractivity contribution < 1.29 is 4.43 Å². The van der Waals surface area contributed by atoms with Crippen molar-refractivity contribution >= 4 is 30.3 Å². The van der Waals surface area contributed by atoms with Gasteiger partial charge in [0.1, 0.15) is 0 Å². The number of hydrogen-bond donors (Lipinski definition) is 0. The van der Waals surface area contributed by atoms with Gasteiger partial charge in [-0.3, -0.25) is 0 Å². The Morgan fingerprint density at radius 3 is 1.84 bits per heavy atom. The van der Waals surface area contributed by atoms with Crippen molar-refractivity contribution in [2.24, 2.45) is 0 Å². The van der Waals surface area contributed by atoms with Gasteiger partial charge in [-0.15, -0.1) is 11.6 Å². The lowest BCUT2D eigenvalue weighted by atomic mass is 10.2. The first kappa shape index (κ1) is 20.0. The van der Waals surface area contributed by atoms with Crippen LogP contribution in [0.2, 0.25) is 5.04 Å². The maximum Gasteiger partial charge on any atom is 0.261 e. The molecule has 0 N–H and O–H groups in total. The molecule has 0 radical (unpaired) electrons. The maximum atomic E-state index is 6.82. The Kier molecular flexibility index (Phi) is 7.49. The average Bonchev–Trinajstić information content (AvgIpc) is 2.62. The lowest BCUT2D eigenvalue weighted by Crippen LogP contribution is -2.66. The molecule has 0 aromatic heterocycles. The Hall–Kier alpha value is -1.35. The summed E-state index contributed by atoms with van der Waals surface area (Å²) < 4.78 is 6.82. The van der Waals surface area contributed by atoms with Gasteiger partial charge in [0.2, 0.25) is 0 Å². The van der Waals surface area contributed by atoms with E-state index in [1.165, 1.54) is 10.4 Å². The number of alkyl halides is 1. The number of allylic oxidation sites excluding steroid dienone is 2. The van der Waals surface area contributed by atoms with Gasteiger partial charge in [-0.1, -0.05) is 93.6 Å². The Bertz CT molecular complexity index is 607. The Morgan fingerprint density at radius 1 is 0.880 bits per heavy atom. The van der Waals surface area contributed by atoms with E-state index in [1.807, 2.05) is 6.08 Å². The third-order valence-corrected chi connectivity index (χ3v) is 9.73. The van der Waals surface area contributed by atoms with E-state index in [9.17, 15) is 0 Å². The summed E-state index contributed by atoms with van der Waals surface area (Å²) in [6.07, 6.45) is 6.16. The van der Waals surface area contributed by atoms with Crippen molar-refractivity contribution in [1.29, 1.82) is 0 Å². The number of hydrogen-bond acceptors (Lipinski definition) is 1. The molecule has 0 saturated heterocycles. The third-order valence-electron chi connectivity index (χ3n) is 4.51. The minimum atomic E-state index is -2.37. The molecule has 0 heterocycles. The van der Waals surface area contributed by atoms with E-state index in [0.29, 0.717) is 5.88 Å². The molecule has 0 aliphatic heterocycles. The van der Waals surface area contributed by atoms with Gasteiger partial charge >= 0.3 is 0 Å². The number of unbranched alkanes of at least 4 members (excludes halogenated alkanes) is 1. The van der Waals surface area contributed by atoms with E-state index >= 15 is 0 Å². The van der Waals surface area contributed by atoms with E-state index in [0.717, 1.165) is 19.4 Å². The predicted molar refractivity (Wildman–Crippen MR) is 113 cm³/mol. The van der Waals surface area contributed by atoms with Crippen LogP contribution in [0.25, 0.3) is 0 Å². The Morgan fingerprint density at radius 2 is 1.40 bits per heavy atom. The second-order valence-electron chi connectivity index (χ2n) is 7.28. The fourth-order valence-electron chi connectivity index (χ4n) is 3.37. The molecular formula is C22H29ClOSi. The number of halogens is 1. The molecule has 2 rings (SSSR count). The zero-order valence-corrected chi connectivity index (χ0v) is 17.3. The van der Waals surface area contributed by atoms with Crippen LogP contribution in [0.1, 0.15) is 33.6 Å². The molecule has 0 fully saturated rings. The second-order valence-corrected chi connectivity index (χ2v) is 11.9. The fourth-order valence-corrected chi connectivity index (χ4v) is 8.10. The first-order valence-corrected chi connectivity index (χ1v) is 11.4. The van der Waals surface area contributed by atoms with Gasteiger partial charge < -0.3 is 4.43 Å². The molecule has 134 valence electrons. The van der Waals surface area contributed by atoms with E-state index in [1.54, 1.807) is 0 Å². The monoisotopic (exact) mass is 372 g/mol. The summed E-state index contributed by atoms with van der Waals surface area (Å²) >= 11 is 5.70. The van der Waals surface area contributed by atoms with E-state index < -0.39 is 8.32 Å². The minimum Gasteiger partial charge on any atom is -0.407 e. The summed E-state index contributed by atoms with van der Waals surface area (Å²) in [6, 6.07) is 21.6. The summed E-state index contributed by atoms with van der Waals surface area (Å²) in [6.45, 7) is 7.70. The van der Waals surface area contributed by atoms with Crippen LogP contribution in [0.3, 0.4) is 0 Å². The standard InChI is InChI=1S/C22H29ClOSi/c1-22(2,3)25(20-14-8-6-9-15-20,21-16-10-7-11-17-21)24-19-13-5-4-12-18-23/h4,6-12,14-17H,5,13,18-19H2,1-3H3. The number of rotatable bonds is 8. The highest BCUT2D eigenvalue weighted by Gasteiger charge is 2.49. The predicted octanol–water partition coefficient (Wildman–Crippen LogP) is 5.14. The van der Waals surface area contributed by atoms with Gasteiger partial charge in [-0.25, -0.2) is 0 Å². The molecule has 0 spiro atoms. The molecule has 25 heavy (non-hydrogen) atoms. The van der Waals surface area contributed by atoms with Crippen LogP contribution in [0.4, 0.5) is 0 Å². The highest BCUT2D eigenvalue weighted by molar-refractivity contribution is 6.99. The highest BCUT2D eigenvalue weighted by atomic mass is 35.5. The number of benzene rings is 2. The van der Waals surface area contributed by atoms with E-state index in [-0.39, 0.29) is 5.04 Å². The molecule has 0 unspecified atom stereocenters. The quantitative estimate of drug-likeness (QED) is 0.270. The minimum absolute atomic E-state index is 0.0433. The molecule has 3 heteroatoms. The first-order chi connectivity index (χ1) is 12.0. The van der Waals surface area contributed by atoms with E-state index in [2.05, 4.69) is 87.5 Å². The zero-order chi connectivity index (χ0) is 18.2. The first-order valence-electron chi connectivity index (χ1n) is 8.98. The van der Waals surface area contributed by atoms with Gasteiger partial charge in [-0.2, -0.15) is 0 Å². The van der Waals surface area contributed by atoms with Crippen LogP contribution >= 0.6 is 11.6 Å². The second kappa shape index (κ2) is 9.37. The van der Waals surface area contributed by atoms with Crippen LogP contribution in [-0.2, 0) is 4.43 Å². The zero-order valence-electron chi connectivity index (χ0n) is 15.5. The molecule has 0 aliphatic carbocycles. The lowest BCUT2D eigenvalue weighted by molar-refractivity contribution is 0.293. The van der Waals surface area contributed by atoms with Crippen LogP contribution < -0.4 is 10.4 Å². The molecule has 0 atom stereocenters. The fraction of sp³-hybridized carbons (Fsp3) is 0.364. The molecule has 2 aromatic carbocycles. The normalized spacial score (nSPS) is 12.6. The summed E-state index contributed by atoms with van der Waals surface area (Å²) in [7, 11) is -2.37. The molecule has 0 aliphatic rings. The van der Waals surface area contributed by atoms with Gasteiger partial charge in [0.15, 0.2) is 0 Å². The van der Waals surface area contributed by atoms with Crippen molar-refractivity contribution in [2.75, 3.05) is 12.5 Å². The van der Waals surface area contributed by atoms with Gasteiger partial charge in [0.25, 0.3) is 8.32 Å². The Labute approximate surface area is 158 Å². The SMILES string of the molecule is CC(C)(C)[Si](OCCCC=CCCl)(c1ccccc1)c1ccccc1. The summed E-state index contributed by atoms with van der Waals surface area (Å²) in [4.78, 5) is 0. The molecular weight excluding hydrogens is 344 g/mol. The van der Waals surface area contributed by atoms with Crippen molar-refractivity contribution in [2.45, 2.75) is 38.7 Å². The Balaban J connectivity index is 2.37. The third kappa shape index (κ3) is 4.84. The van der Waals surface area contributed by atoms with E-state index in [4.69, 9.17) is 16.0 Å². The van der Waals surface area contributed by atoms with Crippen LogP contribution in [0.15, 0.2) is 72.8 Å². The topological polar surface area (TPSA) is 9.23 Å². The largest absolute Gasteiger partial charge is 0.407 e. The van der Waals surface area contributed by atoms with Gasteiger partial charge in [0, 0.05) is 12.5 Å². The average molecular weight is 373 g/mol. The van der Waals surface area contributed by atoms with Gasteiger partial charge in [-0.05, 0) is 28.3 Å². The molecule has 1 nitrogen and oxygen atoms in total. The lowest BCUT2D eigenvalue weighted by Gasteiger charge is -2.43. The summed E-state index contributed by atoms with van der Waals surface area (Å²) in [5.41, 5.74) is 0. The van der Waals surface area contributed by atoms with Crippen molar-refractivity contribution in [3.8, 4) is 0 Å². The van der Waals surface area contributed by atoms with Crippen LogP contribution in [-0.4, -0.2) is 20.8 Å². The van der Waals surface area contributed by atoms with Crippen LogP contribution in [0.5, 0.6) is 0 Å². The smallest absolute Gasteiger partial charge is 0.261 e. The summed E-state index contributed by atoms with van der Waals surface area (Å²) in [5.74, 6) is 0.579. The molecule has 0 amide bonds. The van der Waals surface area contributed by atoms with Crippen LogP contribution in [0, 0.1) is 0 Å². The van der Waals surface area contributed by atoms with Gasteiger partial charge in [0.05, 0.1) is 0 Å². The van der Waals surface area contributed by atoms with Crippen molar-refractivity contribution in [3.63, 3.8) is 0 Å². The highest BCUT2D eigenvalue weighted by Crippen LogP contribution is 2.36. The molecule has 0 bridgehead atoms. The van der Waals surface area contributed by atoms with Crippen molar-refractivity contribution in [3.05, 3.63) is 72.8 Å². The maximum absolute atomic E-state index is 6.82. The molecule has 2 aromatic rings.